The average molecular weight is 425 g/mol. The van der Waals surface area contributed by atoms with Crippen LogP contribution in [0.25, 0.3) is 0 Å². The number of carbonyl (C=O) groups excluding carboxylic acids is 1. The van der Waals surface area contributed by atoms with Crippen LogP contribution in [0.2, 0.25) is 0 Å². The summed E-state index contributed by atoms with van der Waals surface area (Å²) < 4.78 is 181. The highest BCUT2D eigenvalue weighted by Gasteiger charge is 2.91. The number of amides is 1. The fourth-order valence-electron chi connectivity index (χ4n) is 1.22. The molecule has 0 atom stereocenters. The third-order valence-corrected chi connectivity index (χ3v) is 2.73. The minimum absolute atomic E-state index is 2.31. The highest BCUT2D eigenvalue weighted by atomic mass is 19.4. The predicted molar refractivity (Wildman–Crippen MR) is 51.2 cm³/mol. The van der Waals surface area contributed by atoms with Gasteiger partial charge < -0.3 is 10.5 Å². The lowest BCUT2D eigenvalue weighted by atomic mass is 9.91. The second-order valence-electron chi connectivity index (χ2n) is 4.53. The maximum Gasteiger partial charge on any atom is 0.404 e. The van der Waals surface area contributed by atoms with Crippen molar-refractivity contribution in [2.24, 2.45) is 5.73 Å². The summed E-state index contributed by atoms with van der Waals surface area (Å²) in [6.07, 6.45) is -8.07. The highest BCUT2D eigenvalue weighted by molar-refractivity contribution is 5.64. The van der Waals surface area contributed by atoms with Gasteiger partial charge in [-0.25, -0.2) is 13.6 Å². The summed E-state index contributed by atoms with van der Waals surface area (Å²) in [7, 11) is 0. The van der Waals surface area contributed by atoms with E-state index in [1.807, 2.05) is 0 Å². The van der Waals surface area contributed by atoms with Crippen molar-refractivity contribution in [3.05, 3.63) is 0 Å². The summed E-state index contributed by atoms with van der Waals surface area (Å²) in [5, 5.41) is 0. The first kappa shape index (κ1) is 24.3. The zero-order valence-corrected chi connectivity index (χ0v) is 11.5. The van der Waals surface area contributed by atoms with Crippen LogP contribution in [0, 0.1) is 0 Å². The zero-order valence-electron chi connectivity index (χ0n) is 11.5. The van der Waals surface area contributed by atoms with E-state index < -0.39 is 54.7 Å². The van der Waals surface area contributed by atoms with Crippen molar-refractivity contribution in [2.75, 3.05) is 6.61 Å². The average Bonchev–Trinajstić information content (AvgIpc) is 2.43. The number of primary amides is 1. The van der Waals surface area contributed by atoms with Crippen LogP contribution in [0.15, 0.2) is 0 Å². The SMILES string of the molecule is NC(=O)OCC(F)(F)C(F)(F)C(F)(F)C(F)(F)C(F)(F)C(F)(F)C(F)F. The lowest BCUT2D eigenvalue weighted by molar-refractivity contribution is -0.433. The Kier molecular flexibility index (Phi) is 6.04. The lowest BCUT2D eigenvalue weighted by Gasteiger charge is -2.40. The summed E-state index contributed by atoms with van der Waals surface area (Å²) in [5.41, 5.74) is 4.02. The third-order valence-electron chi connectivity index (χ3n) is 2.73. The molecule has 0 aliphatic heterocycles. The Hall–Kier alpha value is -1.71. The lowest BCUT2D eigenvalue weighted by Crippen LogP contribution is -2.72. The van der Waals surface area contributed by atoms with E-state index in [0.717, 1.165) is 0 Å². The van der Waals surface area contributed by atoms with Crippen molar-refractivity contribution in [1.82, 2.24) is 0 Å². The van der Waals surface area contributed by atoms with Crippen molar-refractivity contribution in [3.8, 4) is 0 Å². The van der Waals surface area contributed by atoms with Crippen LogP contribution < -0.4 is 5.73 Å². The molecule has 0 radical (unpaired) electrons. The summed E-state index contributed by atoms with van der Waals surface area (Å²) in [6.45, 7) is -3.15. The molecule has 0 heterocycles. The van der Waals surface area contributed by atoms with Gasteiger partial charge in [0.2, 0.25) is 0 Å². The second kappa shape index (κ2) is 6.47. The normalized spacial score (nSPS) is 15.3. The summed E-state index contributed by atoms with van der Waals surface area (Å²) >= 11 is 0. The molecule has 0 aromatic rings. The van der Waals surface area contributed by atoms with Crippen molar-refractivity contribution >= 4 is 6.09 Å². The van der Waals surface area contributed by atoms with Gasteiger partial charge in [0.15, 0.2) is 6.61 Å². The fraction of sp³-hybridized carbons (Fsp3) is 0.889. The van der Waals surface area contributed by atoms with Gasteiger partial charge in [-0.1, -0.05) is 0 Å². The van der Waals surface area contributed by atoms with Crippen molar-refractivity contribution < 1.29 is 71.0 Å². The first-order valence-electron chi connectivity index (χ1n) is 5.58. The molecule has 0 rings (SSSR count). The van der Waals surface area contributed by atoms with E-state index in [1.165, 1.54) is 0 Å². The molecular weight excluding hydrogens is 420 g/mol. The first-order chi connectivity index (χ1) is 11.1. The Morgan fingerprint density at radius 2 is 1.08 bits per heavy atom. The molecule has 0 aromatic heterocycles. The highest BCUT2D eigenvalue weighted by Crippen LogP contribution is 2.60. The molecule has 0 spiro atoms. The smallest absolute Gasteiger partial charge is 0.404 e. The molecule has 0 aromatic carbocycles. The maximum absolute atomic E-state index is 13.1. The number of carbonyl (C=O) groups is 1. The van der Waals surface area contributed by atoms with E-state index >= 15 is 0 Å². The van der Waals surface area contributed by atoms with Gasteiger partial charge in [0.25, 0.3) is 0 Å². The molecule has 26 heavy (non-hydrogen) atoms. The summed E-state index contributed by atoms with van der Waals surface area (Å²) in [6, 6.07) is 0. The minimum Gasteiger partial charge on any atom is -0.443 e. The second-order valence-corrected chi connectivity index (χ2v) is 4.53. The van der Waals surface area contributed by atoms with Crippen LogP contribution in [0.1, 0.15) is 0 Å². The molecule has 0 fully saturated rings. The monoisotopic (exact) mass is 425 g/mol. The third kappa shape index (κ3) is 3.30. The van der Waals surface area contributed by atoms with Crippen LogP contribution in [0.5, 0.6) is 0 Å². The Bertz CT molecular complexity index is 531. The van der Waals surface area contributed by atoms with Gasteiger partial charge >= 0.3 is 48.1 Å². The van der Waals surface area contributed by atoms with Gasteiger partial charge in [-0.15, -0.1) is 0 Å². The van der Waals surface area contributed by atoms with Crippen molar-refractivity contribution in [1.29, 1.82) is 0 Å². The Morgan fingerprint density at radius 3 is 1.38 bits per heavy atom. The van der Waals surface area contributed by atoms with Crippen molar-refractivity contribution in [3.63, 3.8) is 0 Å². The number of nitrogens with two attached hydrogens (primary N) is 1. The molecule has 2 N–H and O–H groups in total. The number of hydrogen-bond acceptors (Lipinski definition) is 2. The molecule has 0 saturated carbocycles. The Balaban J connectivity index is 6.22. The molecule has 0 aliphatic rings. The van der Waals surface area contributed by atoms with Crippen LogP contribution in [0.4, 0.5) is 66.3 Å². The zero-order chi connectivity index (χ0) is 21.6. The molecular formula is C9H5F14NO2. The van der Waals surface area contributed by atoms with E-state index in [0.29, 0.717) is 0 Å². The minimum atomic E-state index is -8.11. The quantitative estimate of drug-likeness (QED) is 0.594. The molecule has 3 nitrogen and oxygen atoms in total. The standard InChI is InChI=1S/C9H5F14NO2/c10-2(11)5(14,15)7(18,19)9(22,23)8(20,21)6(16,17)4(12,13)1-26-3(24)25/h2H,1H2,(H2,24,25). The molecule has 0 saturated heterocycles. The van der Waals surface area contributed by atoms with Gasteiger partial charge in [-0.05, 0) is 0 Å². The van der Waals surface area contributed by atoms with E-state index in [9.17, 15) is 66.3 Å². The van der Waals surface area contributed by atoms with Gasteiger partial charge in [0.05, 0.1) is 0 Å². The van der Waals surface area contributed by atoms with E-state index in [4.69, 9.17) is 0 Å². The maximum atomic E-state index is 13.1. The summed E-state index contributed by atoms with van der Waals surface area (Å²) in [4.78, 5) is 9.97. The van der Waals surface area contributed by atoms with Gasteiger partial charge in [-0.2, -0.15) is 52.7 Å². The van der Waals surface area contributed by atoms with Gasteiger partial charge in [0.1, 0.15) is 0 Å². The largest absolute Gasteiger partial charge is 0.443 e. The summed E-state index contributed by atoms with van der Waals surface area (Å²) in [5.74, 6) is -45.5. The van der Waals surface area contributed by atoms with Crippen LogP contribution in [0.3, 0.4) is 0 Å². The van der Waals surface area contributed by atoms with Crippen LogP contribution in [-0.2, 0) is 4.74 Å². The van der Waals surface area contributed by atoms with E-state index in [-0.39, 0.29) is 0 Å². The number of halogens is 14. The van der Waals surface area contributed by atoms with Crippen molar-refractivity contribution in [2.45, 2.75) is 42.0 Å². The number of ether oxygens (including phenoxy) is 1. The number of rotatable bonds is 8. The van der Waals surface area contributed by atoms with E-state index in [1.54, 1.807) is 0 Å². The van der Waals surface area contributed by atoms with Gasteiger partial charge in [0, 0.05) is 0 Å². The van der Waals surface area contributed by atoms with E-state index in [2.05, 4.69) is 10.5 Å². The molecule has 1 amide bonds. The topological polar surface area (TPSA) is 52.3 Å². The number of hydrogen-bond donors (Lipinski definition) is 1. The molecule has 17 heteroatoms. The first-order valence-corrected chi connectivity index (χ1v) is 5.58. The Labute approximate surface area is 133 Å². The molecule has 0 aliphatic carbocycles. The molecule has 156 valence electrons. The molecule has 0 unspecified atom stereocenters. The van der Waals surface area contributed by atoms with Crippen LogP contribution in [-0.4, -0.2) is 54.7 Å². The Morgan fingerprint density at radius 1 is 0.731 bits per heavy atom. The fourth-order valence-corrected chi connectivity index (χ4v) is 1.22. The molecule has 0 bridgehead atoms. The predicted octanol–water partition coefficient (Wildman–Crippen LogP) is 4.16. The number of alkyl halides is 14. The van der Waals surface area contributed by atoms with Gasteiger partial charge in [-0.3, -0.25) is 0 Å². The van der Waals surface area contributed by atoms with Crippen LogP contribution >= 0.6 is 0 Å².